The van der Waals surface area contributed by atoms with Crippen molar-refractivity contribution in [1.29, 1.82) is 0 Å². The molecule has 0 aliphatic heterocycles. The van der Waals surface area contributed by atoms with Gasteiger partial charge in [-0.15, -0.1) is 0 Å². The minimum atomic E-state index is -0.227. The summed E-state index contributed by atoms with van der Waals surface area (Å²) >= 11 is 3.34. The first-order valence-corrected chi connectivity index (χ1v) is 5.91. The molecule has 94 valence electrons. The van der Waals surface area contributed by atoms with E-state index in [0.29, 0.717) is 19.0 Å². The molecule has 17 heavy (non-hydrogen) atoms. The number of carbonyl (C=O) groups is 1. The van der Waals surface area contributed by atoms with E-state index in [1.807, 2.05) is 6.92 Å². The highest BCUT2D eigenvalue weighted by Crippen LogP contribution is 2.16. The molecular formula is C11H15BrN2O3. The van der Waals surface area contributed by atoms with Gasteiger partial charge in [0.05, 0.1) is 13.2 Å². The van der Waals surface area contributed by atoms with Crippen LogP contribution >= 0.6 is 15.9 Å². The molecule has 0 radical (unpaired) electrons. The fraction of sp³-hybridized carbons (Fsp3) is 0.455. The van der Waals surface area contributed by atoms with E-state index in [1.165, 1.54) is 0 Å². The van der Waals surface area contributed by atoms with E-state index < -0.39 is 0 Å². The number of aryl methyl sites for hydroxylation is 1. The number of methoxy groups -OCH3 is 1. The first-order valence-electron chi connectivity index (χ1n) is 5.12. The number of hydrogen-bond acceptors (Lipinski definition) is 4. The lowest BCUT2D eigenvalue weighted by atomic mass is 10.3. The summed E-state index contributed by atoms with van der Waals surface area (Å²) in [4.78, 5) is 15.5. The normalized spacial score (nSPS) is 10.3. The minimum Gasteiger partial charge on any atom is -0.382 e. The highest BCUT2D eigenvalue weighted by molar-refractivity contribution is 9.10. The van der Waals surface area contributed by atoms with Crippen LogP contribution in [0.5, 0.6) is 0 Å². The van der Waals surface area contributed by atoms with E-state index in [2.05, 4.69) is 26.2 Å². The molecule has 0 aliphatic rings. The highest BCUT2D eigenvalue weighted by atomic mass is 79.9. The number of amides is 1. The molecule has 1 N–H and O–H groups in total. The van der Waals surface area contributed by atoms with Crippen molar-refractivity contribution in [3.8, 4) is 0 Å². The summed E-state index contributed by atoms with van der Waals surface area (Å²) in [6, 6.07) is 1.79. The molecular weight excluding hydrogens is 288 g/mol. The SMILES string of the molecule is COCCOCC(=O)Nc1cc(C)c(Br)cn1. The molecule has 0 unspecified atom stereocenters. The Kier molecular flexibility index (Phi) is 6.10. The second-order valence-electron chi connectivity index (χ2n) is 3.41. The Morgan fingerprint density at radius 3 is 2.94 bits per heavy atom. The maximum absolute atomic E-state index is 11.4. The predicted octanol–water partition coefficient (Wildman–Crippen LogP) is 1.75. The fourth-order valence-electron chi connectivity index (χ4n) is 1.09. The molecule has 1 heterocycles. The number of ether oxygens (including phenoxy) is 2. The monoisotopic (exact) mass is 302 g/mol. The highest BCUT2D eigenvalue weighted by Gasteiger charge is 2.04. The van der Waals surface area contributed by atoms with Crippen molar-refractivity contribution in [2.45, 2.75) is 6.92 Å². The third kappa shape index (κ3) is 5.25. The average Bonchev–Trinajstić information content (AvgIpc) is 2.30. The Balaban J connectivity index is 2.37. The van der Waals surface area contributed by atoms with E-state index in [0.717, 1.165) is 10.0 Å². The van der Waals surface area contributed by atoms with E-state index in [-0.39, 0.29) is 12.5 Å². The summed E-state index contributed by atoms with van der Waals surface area (Å²) < 4.78 is 10.8. The second-order valence-corrected chi connectivity index (χ2v) is 4.27. The topological polar surface area (TPSA) is 60.5 Å². The molecule has 1 amide bonds. The molecule has 1 rings (SSSR count). The molecule has 0 saturated heterocycles. The van der Waals surface area contributed by atoms with Crippen LogP contribution in [0, 0.1) is 6.92 Å². The van der Waals surface area contributed by atoms with E-state index in [1.54, 1.807) is 19.4 Å². The predicted molar refractivity (Wildman–Crippen MR) is 68.0 cm³/mol. The van der Waals surface area contributed by atoms with Gasteiger partial charge >= 0.3 is 0 Å². The number of rotatable bonds is 6. The first kappa shape index (κ1) is 14.1. The molecule has 0 fully saturated rings. The van der Waals surface area contributed by atoms with Crippen molar-refractivity contribution >= 4 is 27.7 Å². The number of nitrogens with zero attached hydrogens (tertiary/aromatic N) is 1. The summed E-state index contributed by atoms with van der Waals surface area (Å²) in [5, 5.41) is 2.65. The zero-order valence-corrected chi connectivity index (χ0v) is 11.4. The largest absolute Gasteiger partial charge is 0.382 e. The van der Waals surface area contributed by atoms with Crippen LogP contribution in [0.15, 0.2) is 16.7 Å². The fourth-order valence-corrected chi connectivity index (χ4v) is 1.31. The van der Waals surface area contributed by atoms with Crippen LogP contribution in [0.4, 0.5) is 5.82 Å². The van der Waals surface area contributed by atoms with Gasteiger partial charge in [0.25, 0.3) is 5.91 Å². The third-order valence-corrected chi connectivity index (χ3v) is 2.81. The number of carbonyl (C=O) groups excluding carboxylic acids is 1. The van der Waals surface area contributed by atoms with Crippen molar-refractivity contribution in [2.24, 2.45) is 0 Å². The Bertz CT molecular complexity index is 385. The van der Waals surface area contributed by atoms with E-state index in [9.17, 15) is 4.79 Å². The zero-order valence-electron chi connectivity index (χ0n) is 9.83. The number of halogens is 1. The Labute approximate surface area is 109 Å². The summed E-state index contributed by atoms with van der Waals surface area (Å²) in [6.07, 6.45) is 1.65. The minimum absolute atomic E-state index is 0.000150. The van der Waals surface area contributed by atoms with Crippen molar-refractivity contribution in [3.05, 3.63) is 22.3 Å². The van der Waals surface area contributed by atoms with Crippen LogP contribution in [0.1, 0.15) is 5.56 Å². The number of hydrogen-bond donors (Lipinski definition) is 1. The lowest BCUT2D eigenvalue weighted by Crippen LogP contribution is -2.20. The van der Waals surface area contributed by atoms with Gasteiger partial charge in [0.1, 0.15) is 12.4 Å². The zero-order chi connectivity index (χ0) is 12.7. The molecule has 1 aromatic rings. The smallest absolute Gasteiger partial charge is 0.251 e. The van der Waals surface area contributed by atoms with Gasteiger partial charge in [-0.1, -0.05) is 0 Å². The molecule has 0 saturated carbocycles. The summed E-state index contributed by atoms with van der Waals surface area (Å²) in [7, 11) is 1.58. The number of anilines is 1. The molecule has 0 atom stereocenters. The molecule has 1 aromatic heterocycles. The summed E-state index contributed by atoms with van der Waals surface area (Å²) in [6.45, 7) is 2.80. The maximum Gasteiger partial charge on any atom is 0.251 e. The van der Waals surface area contributed by atoms with Gasteiger partial charge in [0.15, 0.2) is 0 Å². The van der Waals surface area contributed by atoms with Gasteiger partial charge in [0.2, 0.25) is 0 Å². The first-order chi connectivity index (χ1) is 8.13. The van der Waals surface area contributed by atoms with Crippen molar-refractivity contribution in [3.63, 3.8) is 0 Å². The molecule has 0 spiro atoms. The molecule has 0 aliphatic carbocycles. The van der Waals surface area contributed by atoms with E-state index in [4.69, 9.17) is 9.47 Å². The van der Waals surface area contributed by atoms with Gasteiger partial charge < -0.3 is 14.8 Å². The van der Waals surface area contributed by atoms with Crippen molar-refractivity contribution in [2.75, 3.05) is 32.2 Å². The molecule has 0 aromatic carbocycles. The van der Waals surface area contributed by atoms with Gasteiger partial charge in [-0.25, -0.2) is 4.98 Å². The van der Waals surface area contributed by atoms with E-state index >= 15 is 0 Å². The third-order valence-electron chi connectivity index (χ3n) is 1.98. The van der Waals surface area contributed by atoms with Crippen LogP contribution in [0.2, 0.25) is 0 Å². The lowest BCUT2D eigenvalue weighted by molar-refractivity contribution is -0.121. The Hall–Kier alpha value is -0.980. The van der Waals surface area contributed by atoms with Gasteiger partial charge in [-0.3, -0.25) is 4.79 Å². The van der Waals surface area contributed by atoms with Crippen LogP contribution in [-0.2, 0) is 14.3 Å². The maximum atomic E-state index is 11.4. The summed E-state index contributed by atoms with van der Waals surface area (Å²) in [5.41, 5.74) is 1.01. The lowest BCUT2D eigenvalue weighted by Gasteiger charge is -2.06. The number of pyridine rings is 1. The number of nitrogens with one attached hydrogen (secondary N) is 1. The Morgan fingerprint density at radius 1 is 1.53 bits per heavy atom. The van der Waals surface area contributed by atoms with Crippen molar-refractivity contribution in [1.82, 2.24) is 4.98 Å². The molecule has 6 heteroatoms. The average molecular weight is 303 g/mol. The molecule has 0 bridgehead atoms. The Morgan fingerprint density at radius 2 is 2.29 bits per heavy atom. The van der Waals surface area contributed by atoms with Crippen LogP contribution in [0.25, 0.3) is 0 Å². The summed E-state index contributed by atoms with van der Waals surface area (Å²) in [5.74, 6) is 0.293. The standard InChI is InChI=1S/C11H15BrN2O3/c1-8-5-10(13-6-9(8)12)14-11(15)7-17-4-3-16-2/h5-6H,3-4,7H2,1-2H3,(H,13,14,15). The molecule has 5 nitrogen and oxygen atoms in total. The van der Waals surface area contributed by atoms with Crippen LogP contribution in [0.3, 0.4) is 0 Å². The number of aromatic nitrogens is 1. The quantitative estimate of drug-likeness (QED) is 0.813. The van der Waals surface area contributed by atoms with Crippen LogP contribution < -0.4 is 5.32 Å². The van der Waals surface area contributed by atoms with Gasteiger partial charge in [-0.2, -0.15) is 0 Å². The van der Waals surface area contributed by atoms with Gasteiger partial charge in [0, 0.05) is 17.8 Å². The second kappa shape index (κ2) is 7.37. The van der Waals surface area contributed by atoms with Crippen LogP contribution in [-0.4, -0.2) is 37.8 Å². The van der Waals surface area contributed by atoms with Crippen molar-refractivity contribution < 1.29 is 14.3 Å². The van der Waals surface area contributed by atoms with Gasteiger partial charge in [-0.05, 0) is 34.5 Å².